The SMILES string of the molecule is Cc1nc(=O)c2sc(N3CCOC(C)(C)C3)nc2n1Cc1cccc(Cl)c1Cl. The lowest BCUT2D eigenvalue weighted by Crippen LogP contribution is -2.48. The first-order valence-electron chi connectivity index (χ1n) is 8.95. The number of ether oxygens (including phenoxy) is 1. The van der Waals surface area contributed by atoms with Gasteiger partial charge >= 0.3 is 0 Å². The summed E-state index contributed by atoms with van der Waals surface area (Å²) in [6.07, 6.45) is 0. The molecule has 3 aromatic rings. The van der Waals surface area contributed by atoms with Crippen LogP contribution in [0.1, 0.15) is 25.2 Å². The number of aryl methyl sites for hydroxylation is 1. The molecule has 1 fully saturated rings. The van der Waals surface area contributed by atoms with E-state index in [2.05, 4.69) is 23.7 Å². The number of nitrogens with zero attached hydrogens (tertiary/aromatic N) is 4. The second-order valence-corrected chi connectivity index (χ2v) is 9.20. The van der Waals surface area contributed by atoms with E-state index in [4.69, 9.17) is 32.9 Å². The van der Waals surface area contributed by atoms with Crippen molar-refractivity contribution in [3.8, 4) is 0 Å². The van der Waals surface area contributed by atoms with Crippen molar-refractivity contribution in [3.63, 3.8) is 0 Å². The molecule has 0 radical (unpaired) electrons. The quantitative estimate of drug-likeness (QED) is 0.614. The van der Waals surface area contributed by atoms with Crippen molar-refractivity contribution in [3.05, 3.63) is 50.0 Å². The lowest BCUT2D eigenvalue weighted by atomic mass is 10.1. The fraction of sp³-hybridized carbons (Fsp3) is 0.421. The van der Waals surface area contributed by atoms with E-state index < -0.39 is 0 Å². The highest BCUT2D eigenvalue weighted by Gasteiger charge is 2.29. The van der Waals surface area contributed by atoms with E-state index in [1.165, 1.54) is 11.3 Å². The second-order valence-electron chi connectivity index (χ2n) is 7.44. The predicted octanol–water partition coefficient (Wildman–Crippen LogP) is 4.13. The number of hydrogen-bond donors (Lipinski definition) is 0. The first-order valence-corrected chi connectivity index (χ1v) is 10.5. The minimum atomic E-state index is -0.255. The Bertz CT molecular complexity index is 1110. The Kier molecular flexibility index (Phi) is 5.12. The number of hydrogen-bond acceptors (Lipinski definition) is 6. The van der Waals surface area contributed by atoms with Crippen molar-refractivity contribution in [1.29, 1.82) is 0 Å². The average Bonchev–Trinajstić information content (AvgIpc) is 3.07. The van der Waals surface area contributed by atoms with Gasteiger partial charge in [-0.25, -0.2) is 4.98 Å². The van der Waals surface area contributed by atoms with Crippen molar-refractivity contribution >= 4 is 50.0 Å². The van der Waals surface area contributed by atoms with E-state index in [1.54, 1.807) is 13.0 Å². The smallest absolute Gasteiger partial charge is 0.292 e. The summed E-state index contributed by atoms with van der Waals surface area (Å²) in [4.78, 5) is 23.7. The van der Waals surface area contributed by atoms with Gasteiger partial charge in [-0.1, -0.05) is 46.7 Å². The lowest BCUT2D eigenvalue weighted by molar-refractivity contribution is -0.0276. The van der Waals surface area contributed by atoms with Gasteiger partial charge in [0, 0.05) is 13.1 Å². The molecule has 1 aromatic carbocycles. The first-order chi connectivity index (χ1) is 13.2. The number of thiazole rings is 1. The number of morpholine rings is 1. The van der Waals surface area contributed by atoms with Crippen LogP contribution in [0.3, 0.4) is 0 Å². The summed E-state index contributed by atoms with van der Waals surface area (Å²) in [5.41, 5.74) is 0.968. The fourth-order valence-corrected chi connectivity index (χ4v) is 4.74. The summed E-state index contributed by atoms with van der Waals surface area (Å²) in [6.45, 7) is 8.43. The zero-order chi connectivity index (χ0) is 20.1. The van der Waals surface area contributed by atoms with E-state index in [1.807, 2.05) is 16.7 Å². The van der Waals surface area contributed by atoms with Crippen LogP contribution in [-0.2, 0) is 11.3 Å². The van der Waals surface area contributed by atoms with E-state index in [-0.39, 0.29) is 11.2 Å². The van der Waals surface area contributed by atoms with Crippen LogP contribution in [-0.4, -0.2) is 39.8 Å². The molecule has 0 atom stereocenters. The molecule has 1 aliphatic heterocycles. The van der Waals surface area contributed by atoms with Crippen LogP contribution in [0.5, 0.6) is 0 Å². The third-order valence-electron chi connectivity index (χ3n) is 4.76. The van der Waals surface area contributed by atoms with Crippen LogP contribution in [0.25, 0.3) is 10.3 Å². The highest BCUT2D eigenvalue weighted by Crippen LogP contribution is 2.31. The molecule has 28 heavy (non-hydrogen) atoms. The molecule has 0 N–H and O–H groups in total. The molecule has 148 valence electrons. The molecular weight excluding hydrogens is 419 g/mol. The maximum absolute atomic E-state index is 12.5. The average molecular weight is 439 g/mol. The van der Waals surface area contributed by atoms with Crippen LogP contribution in [0, 0.1) is 6.92 Å². The third kappa shape index (κ3) is 3.64. The molecule has 1 aliphatic rings. The Morgan fingerprint density at radius 2 is 2.07 bits per heavy atom. The van der Waals surface area contributed by atoms with Crippen molar-refractivity contribution < 1.29 is 4.74 Å². The normalized spacial score (nSPS) is 16.7. The minimum Gasteiger partial charge on any atom is -0.372 e. The molecule has 0 unspecified atom stereocenters. The van der Waals surface area contributed by atoms with Gasteiger partial charge in [0.2, 0.25) is 0 Å². The van der Waals surface area contributed by atoms with E-state index >= 15 is 0 Å². The summed E-state index contributed by atoms with van der Waals surface area (Å²) >= 11 is 13.9. The molecule has 6 nitrogen and oxygen atoms in total. The number of benzene rings is 1. The molecule has 0 amide bonds. The van der Waals surface area contributed by atoms with E-state index in [0.29, 0.717) is 45.9 Å². The van der Waals surface area contributed by atoms with Gasteiger partial charge in [0.25, 0.3) is 5.56 Å². The maximum Gasteiger partial charge on any atom is 0.292 e. The first kappa shape index (κ1) is 19.6. The number of aromatic nitrogens is 3. The third-order valence-corrected chi connectivity index (χ3v) is 6.71. The van der Waals surface area contributed by atoms with Crippen molar-refractivity contribution in [2.75, 3.05) is 24.6 Å². The number of fused-ring (bicyclic) bond motifs is 1. The molecule has 0 aliphatic carbocycles. The number of anilines is 1. The zero-order valence-electron chi connectivity index (χ0n) is 15.8. The van der Waals surface area contributed by atoms with Crippen LogP contribution < -0.4 is 10.5 Å². The molecule has 2 aromatic heterocycles. The minimum absolute atomic E-state index is 0.253. The second kappa shape index (κ2) is 7.30. The summed E-state index contributed by atoms with van der Waals surface area (Å²) < 4.78 is 8.25. The zero-order valence-corrected chi connectivity index (χ0v) is 18.2. The number of rotatable bonds is 3. The Morgan fingerprint density at radius 1 is 1.29 bits per heavy atom. The van der Waals surface area contributed by atoms with Gasteiger partial charge in [-0.15, -0.1) is 0 Å². The summed E-state index contributed by atoms with van der Waals surface area (Å²) in [7, 11) is 0. The van der Waals surface area contributed by atoms with Gasteiger partial charge in [-0.3, -0.25) is 4.79 Å². The van der Waals surface area contributed by atoms with Crippen molar-refractivity contribution in [1.82, 2.24) is 14.5 Å². The van der Waals surface area contributed by atoms with Gasteiger partial charge in [0.1, 0.15) is 10.5 Å². The molecule has 4 rings (SSSR count). The lowest BCUT2D eigenvalue weighted by Gasteiger charge is -2.37. The van der Waals surface area contributed by atoms with Crippen LogP contribution in [0.4, 0.5) is 5.13 Å². The van der Waals surface area contributed by atoms with Gasteiger partial charge in [-0.2, -0.15) is 4.98 Å². The Balaban J connectivity index is 1.80. The molecule has 0 spiro atoms. The Morgan fingerprint density at radius 3 is 2.82 bits per heavy atom. The van der Waals surface area contributed by atoms with Crippen LogP contribution in [0.2, 0.25) is 10.0 Å². The topological polar surface area (TPSA) is 60.3 Å². The van der Waals surface area contributed by atoms with Gasteiger partial charge in [0.05, 0.1) is 28.8 Å². The van der Waals surface area contributed by atoms with Gasteiger partial charge in [0.15, 0.2) is 10.8 Å². The summed E-state index contributed by atoms with van der Waals surface area (Å²) in [6, 6.07) is 5.52. The number of halogens is 2. The van der Waals surface area contributed by atoms with Crippen molar-refractivity contribution in [2.45, 2.75) is 32.9 Å². The Labute approximate surface area is 176 Å². The monoisotopic (exact) mass is 438 g/mol. The molecule has 1 saturated heterocycles. The Hall–Kier alpha value is -1.67. The van der Waals surface area contributed by atoms with Gasteiger partial charge in [-0.05, 0) is 32.4 Å². The van der Waals surface area contributed by atoms with Crippen LogP contribution >= 0.6 is 34.5 Å². The van der Waals surface area contributed by atoms with Crippen LogP contribution in [0.15, 0.2) is 23.0 Å². The largest absolute Gasteiger partial charge is 0.372 e. The maximum atomic E-state index is 12.5. The molecular formula is C19H20Cl2N4O2S. The summed E-state index contributed by atoms with van der Waals surface area (Å²) in [5, 5.41) is 1.80. The standard InChI is InChI=1S/C19H20Cl2N4O2S/c1-11-22-17(26)15-16(25(11)9-12-5-4-6-13(20)14(12)21)23-18(28-15)24-7-8-27-19(2,3)10-24/h4-6H,7-10H2,1-3H3. The summed E-state index contributed by atoms with van der Waals surface area (Å²) in [5.74, 6) is 0.590. The molecule has 0 bridgehead atoms. The molecule has 9 heteroatoms. The highest BCUT2D eigenvalue weighted by molar-refractivity contribution is 7.22. The molecule has 0 saturated carbocycles. The van der Waals surface area contributed by atoms with E-state index in [9.17, 15) is 4.79 Å². The van der Waals surface area contributed by atoms with E-state index in [0.717, 1.165) is 17.2 Å². The highest BCUT2D eigenvalue weighted by atomic mass is 35.5. The predicted molar refractivity (Wildman–Crippen MR) is 114 cm³/mol. The van der Waals surface area contributed by atoms with Gasteiger partial charge < -0.3 is 14.2 Å². The van der Waals surface area contributed by atoms with Crippen molar-refractivity contribution in [2.24, 2.45) is 0 Å². The fourth-order valence-electron chi connectivity index (χ4n) is 3.38. The molecule has 3 heterocycles.